The van der Waals surface area contributed by atoms with Crippen LogP contribution in [0.5, 0.6) is 5.75 Å². The SMILES string of the molecule is CCCC(CCO)CN=C(NCC)NCC(C)Oc1cccc(C)c1.I. The number of aryl methyl sites for hydroxylation is 1. The second kappa shape index (κ2) is 15.1. The molecule has 5 nitrogen and oxygen atoms in total. The minimum Gasteiger partial charge on any atom is -0.489 e. The summed E-state index contributed by atoms with van der Waals surface area (Å²) in [5.41, 5.74) is 1.19. The minimum absolute atomic E-state index is 0. The largest absolute Gasteiger partial charge is 0.489 e. The van der Waals surface area contributed by atoms with Crippen LogP contribution in [0.3, 0.4) is 0 Å². The number of nitrogens with zero attached hydrogens (tertiary/aromatic N) is 1. The summed E-state index contributed by atoms with van der Waals surface area (Å²) in [7, 11) is 0. The van der Waals surface area contributed by atoms with Crippen LogP contribution in [-0.2, 0) is 0 Å². The van der Waals surface area contributed by atoms with Gasteiger partial charge >= 0.3 is 0 Å². The Morgan fingerprint density at radius 2 is 2.00 bits per heavy atom. The molecule has 1 aromatic rings. The van der Waals surface area contributed by atoms with Crippen LogP contribution in [0.4, 0.5) is 0 Å². The van der Waals surface area contributed by atoms with Crippen molar-refractivity contribution in [2.45, 2.75) is 53.1 Å². The number of hydrogen-bond acceptors (Lipinski definition) is 3. The van der Waals surface area contributed by atoms with Crippen LogP contribution in [0.1, 0.15) is 45.6 Å². The lowest BCUT2D eigenvalue weighted by molar-refractivity contribution is 0.223. The Balaban J connectivity index is 0.00000625. The van der Waals surface area contributed by atoms with E-state index >= 15 is 0 Å². The van der Waals surface area contributed by atoms with Gasteiger partial charge in [0.05, 0.1) is 6.54 Å². The van der Waals surface area contributed by atoms with Crippen molar-refractivity contribution >= 4 is 29.9 Å². The maximum absolute atomic E-state index is 9.17. The van der Waals surface area contributed by atoms with E-state index in [4.69, 9.17) is 4.74 Å². The molecular formula is C20H36IN3O2. The fourth-order valence-corrected chi connectivity index (χ4v) is 2.68. The molecule has 1 rings (SSSR count). The smallest absolute Gasteiger partial charge is 0.191 e. The third kappa shape index (κ3) is 10.9. The maximum Gasteiger partial charge on any atom is 0.191 e. The number of guanidine groups is 1. The van der Waals surface area contributed by atoms with E-state index in [2.05, 4.69) is 42.5 Å². The number of aliphatic hydroxyl groups is 1. The van der Waals surface area contributed by atoms with Gasteiger partial charge in [-0.2, -0.15) is 0 Å². The molecule has 0 saturated carbocycles. The molecule has 0 fully saturated rings. The number of benzene rings is 1. The van der Waals surface area contributed by atoms with Gasteiger partial charge in [-0.05, 0) is 57.2 Å². The number of aliphatic hydroxyl groups excluding tert-OH is 1. The van der Waals surface area contributed by atoms with E-state index in [-0.39, 0.29) is 36.7 Å². The Hall–Kier alpha value is -1.02. The fraction of sp³-hybridized carbons (Fsp3) is 0.650. The Kier molecular flexibility index (Phi) is 14.5. The number of halogens is 1. The molecule has 0 aliphatic rings. The zero-order valence-corrected chi connectivity index (χ0v) is 19.0. The summed E-state index contributed by atoms with van der Waals surface area (Å²) >= 11 is 0. The third-order valence-electron chi connectivity index (χ3n) is 3.97. The van der Waals surface area contributed by atoms with Gasteiger partial charge in [-0.3, -0.25) is 4.99 Å². The van der Waals surface area contributed by atoms with Crippen LogP contribution >= 0.6 is 24.0 Å². The predicted molar refractivity (Wildman–Crippen MR) is 121 cm³/mol. The quantitative estimate of drug-likeness (QED) is 0.258. The molecule has 0 aromatic heterocycles. The highest BCUT2D eigenvalue weighted by molar-refractivity contribution is 14.0. The first kappa shape index (κ1) is 25.0. The van der Waals surface area contributed by atoms with Gasteiger partial charge in [0, 0.05) is 19.7 Å². The van der Waals surface area contributed by atoms with E-state index in [1.54, 1.807) is 0 Å². The lowest BCUT2D eigenvalue weighted by Crippen LogP contribution is -2.42. The number of hydrogen-bond donors (Lipinski definition) is 3. The Morgan fingerprint density at radius 3 is 2.62 bits per heavy atom. The van der Waals surface area contributed by atoms with Crippen molar-refractivity contribution in [1.82, 2.24) is 10.6 Å². The normalized spacial score (nSPS) is 13.5. The highest BCUT2D eigenvalue weighted by atomic mass is 127. The van der Waals surface area contributed by atoms with Gasteiger partial charge in [-0.1, -0.05) is 25.5 Å². The summed E-state index contributed by atoms with van der Waals surface area (Å²) in [5.74, 6) is 2.13. The Morgan fingerprint density at radius 1 is 1.23 bits per heavy atom. The van der Waals surface area contributed by atoms with Gasteiger partial charge in [0.1, 0.15) is 11.9 Å². The molecule has 0 saturated heterocycles. The lowest BCUT2D eigenvalue weighted by atomic mass is 10.0. The average molecular weight is 477 g/mol. The Labute approximate surface area is 176 Å². The van der Waals surface area contributed by atoms with Crippen LogP contribution < -0.4 is 15.4 Å². The number of nitrogens with one attached hydrogen (secondary N) is 2. The van der Waals surface area contributed by atoms with Gasteiger partial charge < -0.3 is 20.5 Å². The molecule has 1 aromatic carbocycles. The van der Waals surface area contributed by atoms with Crippen molar-refractivity contribution in [3.05, 3.63) is 29.8 Å². The molecule has 0 radical (unpaired) electrons. The molecule has 2 atom stereocenters. The van der Waals surface area contributed by atoms with Crippen molar-refractivity contribution in [3.8, 4) is 5.75 Å². The van der Waals surface area contributed by atoms with Gasteiger partial charge in [-0.15, -0.1) is 24.0 Å². The van der Waals surface area contributed by atoms with Crippen molar-refractivity contribution < 1.29 is 9.84 Å². The second-order valence-corrected chi connectivity index (χ2v) is 6.51. The summed E-state index contributed by atoms with van der Waals surface area (Å²) in [5, 5.41) is 15.8. The van der Waals surface area contributed by atoms with Gasteiger partial charge in [0.2, 0.25) is 0 Å². The van der Waals surface area contributed by atoms with E-state index in [0.717, 1.165) is 44.1 Å². The summed E-state index contributed by atoms with van der Waals surface area (Å²) in [6, 6.07) is 8.09. The van der Waals surface area contributed by atoms with Crippen LogP contribution in [0.25, 0.3) is 0 Å². The zero-order chi connectivity index (χ0) is 18.5. The molecule has 0 amide bonds. The summed E-state index contributed by atoms with van der Waals surface area (Å²) < 4.78 is 5.95. The fourth-order valence-electron chi connectivity index (χ4n) is 2.68. The first-order valence-electron chi connectivity index (χ1n) is 9.45. The van der Waals surface area contributed by atoms with Gasteiger partial charge in [-0.25, -0.2) is 0 Å². The van der Waals surface area contributed by atoms with Crippen LogP contribution in [0, 0.1) is 12.8 Å². The highest BCUT2D eigenvalue weighted by Crippen LogP contribution is 2.14. The van der Waals surface area contributed by atoms with E-state index in [9.17, 15) is 5.11 Å². The first-order valence-corrected chi connectivity index (χ1v) is 9.45. The molecule has 0 aliphatic heterocycles. The Bertz CT molecular complexity index is 506. The lowest BCUT2D eigenvalue weighted by Gasteiger charge is -2.19. The summed E-state index contributed by atoms with van der Waals surface area (Å²) in [6.07, 6.45) is 3.06. The van der Waals surface area contributed by atoms with Gasteiger partial charge in [0.15, 0.2) is 5.96 Å². The van der Waals surface area contributed by atoms with E-state index in [1.165, 1.54) is 5.56 Å². The molecule has 26 heavy (non-hydrogen) atoms. The monoisotopic (exact) mass is 477 g/mol. The number of aliphatic imine (C=N–C) groups is 1. The van der Waals surface area contributed by atoms with E-state index in [1.807, 2.05) is 25.1 Å². The second-order valence-electron chi connectivity index (χ2n) is 6.51. The maximum atomic E-state index is 9.17. The van der Waals surface area contributed by atoms with Crippen molar-refractivity contribution in [2.24, 2.45) is 10.9 Å². The highest BCUT2D eigenvalue weighted by Gasteiger charge is 2.09. The predicted octanol–water partition coefficient (Wildman–Crippen LogP) is 3.73. The van der Waals surface area contributed by atoms with Crippen molar-refractivity contribution in [1.29, 1.82) is 0 Å². The number of rotatable bonds is 11. The molecule has 3 N–H and O–H groups in total. The topological polar surface area (TPSA) is 65.9 Å². The summed E-state index contributed by atoms with van der Waals surface area (Å²) in [6.45, 7) is 10.8. The third-order valence-corrected chi connectivity index (χ3v) is 3.97. The van der Waals surface area contributed by atoms with Crippen LogP contribution in [-0.4, -0.2) is 43.4 Å². The van der Waals surface area contributed by atoms with E-state index < -0.39 is 0 Å². The van der Waals surface area contributed by atoms with Crippen molar-refractivity contribution in [3.63, 3.8) is 0 Å². The molecule has 0 spiro atoms. The van der Waals surface area contributed by atoms with Crippen LogP contribution in [0.15, 0.2) is 29.3 Å². The summed E-state index contributed by atoms with van der Waals surface area (Å²) in [4.78, 5) is 4.67. The van der Waals surface area contributed by atoms with E-state index in [0.29, 0.717) is 12.5 Å². The number of ether oxygens (including phenoxy) is 1. The standard InChI is InChI=1S/C20H35N3O2.HI/c1-5-8-18(11-12-24)15-23-20(21-6-2)22-14-17(4)25-19-10-7-9-16(3)13-19;/h7,9-10,13,17-18,24H,5-6,8,11-12,14-15H2,1-4H3,(H2,21,22,23);1H. The van der Waals surface area contributed by atoms with Gasteiger partial charge in [0.25, 0.3) is 0 Å². The minimum atomic E-state index is 0. The first-order chi connectivity index (χ1) is 12.1. The molecule has 0 aliphatic carbocycles. The zero-order valence-electron chi connectivity index (χ0n) is 16.6. The molecule has 6 heteroatoms. The van der Waals surface area contributed by atoms with Crippen molar-refractivity contribution in [2.75, 3.05) is 26.2 Å². The molecule has 0 bridgehead atoms. The average Bonchev–Trinajstić information content (AvgIpc) is 2.57. The molecular weight excluding hydrogens is 441 g/mol. The molecule has 150 valence electrons. The molecule has 2 unspecified atom stereocenters. The van der Waals surface area contributed by atoms with Crippen LogP contribution in [0.2, 0.25) is 0 Å². The molecule has 0 heterocycles.